The molecule has 1 saturated carbocycles. The largest absolute Gasteiger partial charge is 0.382 e. The maximum Gasteiger partial charge on any atom is 0.212 e. The Kier molecular flexibility index (Phi) is 2.23. The van der Waals surface area contributed by atoms with Crippen molar-refractivity contribution in [3.8, 4) is 11.2 Å². The number of hydrogen-bond donors (Lipinski definition) is 2. The average molecular weight is 246 g/mol. The fraction of sp³-hybridized carbons (Fsp3) is 0.300. The van der Waals surface area contributed by atoms with Gasteiger partial charge in [-0.3, -0.25) is 0 Å². The van der Waals surface area contributed by atoms with Crippen LogP contribution in [-0.2, 0) is 0 Å². The molecule has 0 unspecified atom stereocenters. The monoisotopic (exact) mass is 246 g/mol. The van der Waals surface area contributed by atoms with Crippen molar-refractivity contribution in [1.82, 2.24) is 14.8 Å². The highest BCUT2D eigenvalue weighted by Crippen LogP contribution is 2.29. The number of aromatic nitrogens is 3. The fourth-order valence-electron chi connectivity index (χ4n) is 1.53. The highest BCUT2D eigenvalue weighted by molar-refractivity contribution is 7.12. The van der Waals surface area contributed by atoms with E-state index in [4.69, 9.17) is 11.0 Å². The lowest BCUT2D eigenvalue weighted by Gasteiger charge is -1.98. The van der Waals surface area contributed by atoms with Crippen molar-refractivity contribution in [3.63, 3.8) is 0 Å². The summed E-state index contributed by atoms with van der Waals surface area (Å²) >= 11 is 1.43. The Morgan fingerprint density at radius 3 is 3.00 bits per heavy atom. The van der Waals surface area contributed by atoms with Gasteiger partial charge in [-0.1, -0.05) is 0 Å². The molecule has 0 saturated heterocycles. The van der Waals surface area contributed by atoms with Gasteiger partial charge >= 0.3 is 0 Å². The van der Waals surface area contributed by atoms with Crippen LogP contribution in [0.25, 0.3) is 5.13 Å². The van der Waals surface area contributed by atoms with Gasteiger partial charge in [0.15, 0.2) is 5.82 Å². The molecule has 2 aromatic rings. The molecule has 17 heavy (non-hydrogen) atoms. The minimum atomic E-state index is 0.339. The number of nitrogens with one attached hydrogen (secondary N) is 1. The van der Waals surface area contributed by atoms with Crippen molar-refractivity contribution >= 4 is 23.0 Å². The molecule has 0 spiro atoms. The van der Waals surface area contributed by atoms with E-state index < -0.39 is 0 Å². The molecule has 2 heterocycles. The number of rotatable bonds is 3. The first-order valence-corrected chi connectivity index (χ1v) is 6.12. The molecular formula is C10H10N6S. The number of nitriles is 1. The van der Waals surface area contributed by atoms with Crippen LogP contribution in [0.3, 0.4) is 0 Å². The summed E-state index contributed by atoms with van der Waals surface area (Å²) in [5, 5.41) is 19.1. The normalized spacial score (nSPS) is 14.5. The predicted octanol–water partition coefficient (Wildman–Crippen LogP) is 1.36. The number of nitrogen functional groups attached to an aromatic ring is 1. The summed E-state index contributed by atoms with van der Waals surface area (Å²) in [6.07, 6.45) is 3.92. The van der Waals surface area contributed by atoms with Gasteiger partial charge in [0.1, 0.15) is 17.5 Å². The third-order valence-electron chi connectivity index (χ3n) is 2.55. The van der Waals surface area contributed by atoms with E-state index in [1.54, 1.807) is 6.20 Å². The van der Waals surface area contributed by atoms with E-state index in [9.17, 15) is 0 Å². The summed E-state index contributed by atoms with van der Waals surface area (Å²) in [6, 6.07) is 2.52. The first kappa shape index (κ1) is 10.1. The van der Waals surface area contributed by atoms with Crippen molar-refractivity contribution < 1.29 is 0 Å². The van der Waals surface area contributed by atoms with Crippen LogP contribution < -0.4 is 11.1 Å². The molecule has 0 bridgehead atoms. The second-order valence-corrected chi connectivity index (χ2v) is 4.74. The van der Waals surface area contributed by atoms with Gasteiger partial charge in [-0.05, 0) is 12.8 Å². The lowest BCUT2D eigenvalue weighted by molar-refractivity contribution is 0.876. The molecule has 7 heteroatoms. The summed E-state index contributed by atoms with van der Waals surface area (Å²) in [6.45, 7) is 0. The van der Waals surface area contributed by atoms with Crippen molar-refractivity contribution in [3.05, 3.63) is 17.1 Å². The number of anilines is 2. The number of nitrogens with zero attached hydrogens (tertiary/aromatic N) is 4. The lowest BCUT2D eigenvalue weighted by Crippen LogP contribution is -2.03. The number of hydrogen-bond acceptors (Lipinski definition) is 6. The van der Waals surface area contributed by atoms with Crippen LogP contribution in [0.5, 0.6) is 0 Å². The van der Waals surface area contributed by atoms with E-state index in [1.165, 1.54) is 16.0 Å². The molecule has 1 aliphatic carbocycles. The molecule has 86 valence electrons. The van der Waals surface area contributed by atoms with Gasteiger partial charge < -0.3 is 11.1 Å². The SMILES string of the molecule is N#Cc1c(NC2CC2)nn(-c2nccs2)c1N. The Morgan fingerprint density at radius 1 is 1.59 bits per heavy atom. The highest BCUT2D eigenvalue weighted by atomic mass is 32.1. The summed E-state index contributed by atoms with van der Waals surface area (Å²) < 4.78 is 1.51. The first-order valence-electron chi connectivity index (χ1n) is 5.24. The zero-order valence-electron chi connectivity index (χ0n) is 8.92. The van der Waals surface area contributed by atoms with Crippen LogP contribution in [0.1, 0.15) is 18.4 Å². The van der Waals surface area contributed by atoms with Gasteiger partial charge in [0.25, 0.3) is 0 Å². The van der Waals surface area contributed by atoms with Gasteiger partial charge in [-0.25, -0.2) is 4.98 Å². The predicted molar refractivity (Wildman–Crippen MR) is 65.0 cm³/mol. The highest BCUT2D eigenvalue weighted by Gasteiger charge is 2.25. The van der Waals surface area contributed by atoms with Crippen LogP contribution >= 0.6 is 11.3 Å². The molecule has 0 aromatic carbocycles. The van der Waals surface area contributed by atoms with Crippen molar-refractivity contribution in [1.29, 1.82) is 5.26 Å². The molecular weight excluding hydrogens is 236 g/mol. The second kappa shape index (κ2) is 3.75. The Labute approximate surface area is 102 Å². The molecule has 1 aliphatic rings. The van der Waals surface area contributed by atoms with Crippen LogP contribution in [0.4, 0.5) is 11.6 Å². The van der Waals surface area contributed by atoms with Gasteiger partial charge in [0, 0.05) is 17.6 Å². The quantitative estimate of drug-likeness (QED) is 0.853. The topological polar surface area (TPSA) is 92.5 Å². The molecule has 0 radical (unpaired) electrons. The zero-order valence-corrected chi connectivity index (χ0v) is 9.74. The van der Waals surface area contributed by atoms with E-state index in [2.05, 4.69) is 21.5 Å². The van der Waals surface area contributed by atoms with E-state index in [0.29, 0.717) is 28.4 Å². The van der Waals surface area contributed by atoms with Gasteiger partial charge in [-0.15, -0.1) is 16.4 Å². The maximum absolute atomic E-state index is 9.10. The average Bonchev–Trinajstić information content (AvgIpc) is 2.88. The van der Waals surface area contributed by atoms with Gasteiger partial charge in [-0.2, -0.15) is 9.94 Å². The second-order valence-electron chi connectivity index (χ2n) is 3.87. The van der Waals surface area contributed by atoms with Crippen molar-refractivity contribution in [2.45, 2.75) is 18.9 Å². The minimum Gasteiger partial charge on any atom is -0.382 e. The Morgan fingerprint density at radius 2 is 2.41 bits per heavy atom. The first-order chi connectivity index (χ1) is 8.29. The van der Waals surface area contributed by atoms with E-state index >= 15 is 0 Å². The van der Waals surface area contributed by atoms with Crippen molar-refractivity contribution in [2.75, 3.05) is 11.1 Å². The van der Waals surface area contributed by atoms with E-state index in [0.717, 1.165) is 12.8 Å². The Balaban J connectivity index is 2.05. The van der Waals surface area contributed by atoms with Crippen LogP contribution in [-0.4, -0.2) is 20.8 Å². The molecule has 0 atom stereocenters. The smallest absolute Gasteiger partial charge is 0.212 e. The third kappa shape index (κ3) is 1.72. The molecule has 0 amide bonds. The minimum absolute atomic E-state index is 0.339. The lowest BCUT2D eigenvalue weighted by atomic mass is 10.3. The molecule has 3 N–H and O–H groups in total. The third-order valence-corrected chi connectivity index (χ3v) is 3.30. The molecule has 1 fully saturated rings. The maximum atomic E-state index is 9.10. The summed E-state index contributed by atoms with van der Waals surface area (Å²) in [4.78, 5) is 4.13. The zero-order chi connectivity index (χ0) is 11.8. The Hall–Kier alpha value is -2.07. The number of thiazole rings is 1. The standard InChI is InChI=1S/C10H10N6S/c11-5-7-8(12)16(10-13-3-4-17-10)15-9(7)14-6-1-2-6/h3-4,6H,1-2,12H2,(H,14,15). The van der Waals surface area contributed by atoms with Crippen LogP contribution in [0, 0.1) is 11.3 Å². The Bertz CT molecular complexity index is 575. The molecule has 3 rings (SSSR count). The molecule has 2 aromatic heterocycles. The summed E-state index contributed by atoms with van der Waals surface area (Å²) in [5.41, 5.74) is 6.30. The van der Waals surface area contributed by atoms with Gasteiger partial charge in [0.2, 0.25) is 5.13 Å². The summed E-state index contributed by atoms with van der Waals surface area (Å²) in [5.74, 6) is 0.897. The van der Waals surface area contributed by atoms with Crippen LogP contribution in [0.2, 0.25) is 0 Å². The fourth-order valence-corrected chi connectivity index (χ4v) is 2.13. The summed E-state index contributed by atoms with van der Waals surface area (Å²) in [7, 11) is 0. The van der Waals surface area contributed by atoms with Crippen molar-refractivity contribution in [2.24, 2.45) is 0 Å². The molecule has 0 aliphatic heterocycles. The van der Waals surface area contributed by atoms with Gasteiger partial charge in [0.05, 0.1) is 0 Å². The van der Waals surface area contributed by atoms with E-state index in [1.807, 2.05) is 5.38 Å². The van der Waals surface area contributed by atoms with Crippen LogP contribution in [0.15, 0.2) is 11.6 Å². The van der Waals surface area contributed by atoms with E-state index in [-0.39, 0.29) is 0 Å². The molecule has 6 nitrogen and oxygen atoms in total. The number of nitrogens with two attached hydrogens (primary N) is 1.